The van der Waals surface area contributed by atoms with Crippen molar-refractivity contribution in [3.8, 4) is 11.5 Å². The van der Waals surface area contributed by atoms with Crippen LogP contribution < -0.4 is 14.8 Å². The van der Waals surface area contributed by atoms with Crippen molar-refractivity contribution in [1.29, 1.82) is 0 Å². The fourth-order valence-corrected chi connectivity index (χ4v) is 2.86. The number of carbonyl (C=O) groups is 3. The first-order chi connectivity index (χ1) is 13.3. The molecule has 1 aliphatic heterocycles. The maximum Gasteiger partial charge on any atom is 0.325 e. The van der Waals surface area contributed by atoms with Crippen LogP contribution in [0.2, 0.25) is 0 Å². The highest BCUT2D eigenvalue weighted by atomic mass is 16.5. The first-order valence-electron chi connectivity index (χ1n) is 8.92. The molecule has 1 aromatic carbocycles. The lowest BCUT2D eigenvalue weighted by Crippen LogP contribution is -2.49. The van der Waals surface area contributed by atoms with E-state index in [1.165, 1.54) is 26.4 Å². The third-order valence-corrected chi connectivity index (χ3v) is 4.14. The van der Waals surface area contributed by atoms with Gasteiger partial charge in [-0.25, -0.2) is 0 Å². The number of morpholine rings is 1. The Morgan fingerprint density at radius 3 is 2.18 bits per heavy atom. The van der Waals surface area contributed by atoms with E-state index >= 15 is 0 Å². The number of hydrogen-bond donors (Lipinski definition) is 1. The van der Waals surface area contributed by atoms with Crippen LogP contribution >= 0.6 is 0 Å². The van der Waals surface area contributed by atoms with Crippen LogP contribution in [-0.4, -0.2) is 75.4 Å². The van der Waals surface area contributed by atoms with E-state index in [-0.39, 0.29) is 36.8 Å². The summed E-state index contributed by atoms with van der Waals surface area (Å²) in [5, 5.41) is 2.45. The number of benzene rings is 1. The summed E-state index contributed by atoms with van der Waals surface area (Å²) < 4.78 is 20.7. The Morgan fingerprint density at radius 1 is 1.07 bits per heavy atom. The highest BCUT2D eigenvalue weighted by Gasteiger charge is 2.26. The van der Waals surface area contributed by atoms with E-state index in [4.69, 9.17) is 18.9 Å². The molecule has 1 fully saturated rings. The zero-order valence-electron chi connectivity index (χ0n) is 16.5. The molecule has 1 saturated heterocycles. The summed E-state index contributed by atoms with van der Waals surface area (Å²) >= 11 is 0. The normalized spacial score (nSPS) is 18.9. The van der Waals surface area contributed by atoms with Crippen molar-refractivity contribution in [2.75, 3.05) is 40.5 Å². The van der Waals surface area contributed by atoms with Crippen molar-refractivity contribution < 1.29 is 33.3 Å². The minimum Gasteiger partial charge on any atom is -0.497 e. The fraction of sp³-hybridized carbons (Fsp3) is 0.526. The average molecular weight is 394 g/mol. The first kappa shape index (κ1) is 21.5. The smallest absolute Gasteiger partial charge is 0.325 e. The molecule has 28 heavy (non-hydrogen) atoms. The number of esters is 1. The molecule has 2 atom stereocenters. The van der Waals surface area contributed by atoms with Gasteiger partial charge in [0.25, 0.3) is 11.8 Å². The van der Waals surface area contributed by atoms with Gasteiger partial charge in [-0.15, -0.1) is 0 Å². The van der Waals surface area contributed by atoms with E-state index in [0.29, 0.717) is 24.6 Å². The van der Waals surface area contributed by atoms with Crippen molar-refractivity contribution in [3.63, 3.8) is 0 Å². The summed E-state index contributed by atoms with van der Waals surface area (Å²) in [6.45, 7) is 3.93. The van der Waals surface area contributed by atoms with Crippen LogP contribution in [0.1, 0.15) is 24.2 Å². The third kappa shape index (κ3) is 6.12. The van der Waals surface area contributed by atoms with E-state index in [2.05, 4.69) is 5.32 Å². The lowest BCUT2D eigenvalue weighted by molar-refractivity contribution is -0.156. The molecule has 1 heterocycles. The molecule has 0 unspecified atom stereocenters. The molecule has 2 rings (SSSR count). The van der Waals surface area contributed by atoms with E-state index in [9.17, 15) is 14.4 Å². The van der Waals surface area contributed by atoms with Crippen LogP contribution in [0.25, 0.3) is 0 Å². The number of carbonyl (C=O) groups excluding carboxylic acids is 3. The van der Waals surface area contributed by atoms with E-state index < -0.39 is 11.9 Å². The van der Waals surface area contributed by atoms with E-state index in [0.717, 1.165) is 0 Å². The van der Waals surface area contributed by atoms with Crippen LogP contribution in [0.15, 0.2) is 18.2 Å². The largest absolute Gasteiger partial charge is 0.497 e. The molecule has 9 heteroatoms. The first-order valence-corrected chi connectivity index (χ1v) is 8.92. The lowest BCUT2D eigenvalue weighted by atomic mass is 10.2. The molecule has 1 N–H and O–H groups in total. The van der Waals surface area contributed by atoms with Crippen molar-refractivity contribution in [3.05, 3.63) is 23.8 Å². The molecule has 0 spiro atoms. The minimum atomic E-state index is -0.703. The predicted octanol–water partition coefficient (Wildman–Crippen LogP) is 0.613. The molecular weight excluding hydrogens is 368 g/mol. The molecule has 0 saturated carbocycles. The quantitative estimate of drug-likeness (QED) is 0.676. The van der Waals surface area contributed by atoms with Crippen molar-refractivity contribution in [2.45, 2.75) is 26.1 Å². The summed E-state index contributed by atoms with van der Waals surface area (Å²) in [5.74, 6) is -0.584. The molecule has 0 aliphatic carbocycles. The van der Waals surface area contributed by atoms with Crippen LogP contribution in [0.5, 0.6) is 11.5 Å². The van der Waals surface area contributed by atoms with Gasteiger partial charge in [-0.2, -0.15) is 0 Å². The Hall–Kier alpha value is -2.81. The maximum atomic E-state index is 12.2. The Morgan fingerprint density at radius 2 is 1.64 bits per heavy atom. The average Bonchev–Trinajstić information content (AvgIpc) is 2.68. The summed E-state index contributed by atoms with van der Waals surface area (Å²) in [6, 6.07) is 4.67. The van der Waals surface area contributed by atoms with Crippen molar-refractivity contribution >= 4 is 17.8 Å². The summed E-state index contributed by atoms with van der Waals surface area (Å²) in [6.07, 6.45) is -0.134. The molecule has 2 amide bonds. The van der Waals surface area contributed by atoms with Crippen molar-refractivity contribution in [2.24, 2.45) is 0 Å². The van der Waals surface area contributed by atoms with Gasteiger partial charge in [-0.05, 0) is 26.0 Å². The van der Waals surface area contributed by atoms with Crippen LogP contribution in [0.3, 0.4) is 0 Å². The zero-order valence-corrected chi connectivity index (χ0v) is 16.5. The number of nitrogens with zero attached hydrogens (tertiary/aromatic N) is 1. The van der Waals surface area contributed by atoms with Gasteiger partial charge < -0.3 is 29.2 Å². The number of amides is 2. The van der Waals surface area contributed by atoms with E-state index in [1.54, 1.807) is 11.0 Å². The van der Waals surface area contributed by atoms with E-state index in [1.807, 2.05) is 13.8 Å². The van der Waals surface area contributed by atoms with Gasteiger partial charge in [-0.3, -0.25) is 14.4 Å². The topological polar surface area (TPSA) is 103 Å². The zero-order chi connectivity index (χ0) is 20.7. The molecule has 1 aromatic rings. The minimum absolute atomic E-state index is 0.0671. The Labute approximate surface area is 163 Å². The van der Waals surface area contributed by atoms with Crippen LogP contribution in [-0.2, 0) is 19.1 Å². The Kier molecular flexibility index (Phi) is 7.62. The van der Waals surface area contributed by atoms with Crippen LogP contribution in [0, 0.1) is 0 Å². The van der Waals surface area contributed by atoms with Gasteiger partial charge in [0.05, 0.1) is 26.4 Å². The molecule has 0 bridgehead atoms. The van der Waals surface area contributed by atoms with Gasteiger partial charge in [0.1, 0.15) is 18.0 Å². The molecule has 0 aromatic heterocycles. The van der Waals surface area contributed by atoms with Gasteiger partial charge in [0.2, 0.25) is 0 Å². The Bertz CT molecular complexity index is 690. The highest BCUT2D eigenvalue weighted by Crippen LogP contribution is 2.22. The second-order valence-corrected chi connectivity index (χ2v) is 6.50. The monoisotopic (exact) mass is 394 g/mol. The number of rotatable bonds is 7. The summed E-state index contributed by atoms with van der Waals surface area (Å²) in [5.41, 5.74) is 0.274. The fourth-order valence-electron chi connectivity index (χ4n) is 2.86. The number of nitrogens with one attached hydrogen (secondary N) is 1. The molecular formula is C19H26N2O7. The maximum absolute atomic E-state index is 12.2. The van der Waals surface area contributed by atoms with Crippen molar-refractivity contribution in [1.82, 2.24) is 10.2 Å². The predicted molar refractivity (Wildman–Crippen MR) is 99.4 cm³/mol. The standard InChI is InChI=1S/C19H26N2O7/c1-12-9-21(10-13(2)28-12)17(22)11-27-18(23)8-20-19(24)14-5-15(25-3)7-16(6-14)26-4/h5-7,12-13H,8-11H2,1-4H3,(H,20,24)/t12-,13-/m1/s1. The SMILES string of the molecule is COc1cc(OC)cc(C(=O)NCC(=O)OCC(=O)N2C[C@@H](C)O[C@H](C)C2)c1. The van der Waals surface area contributed by atoms with Gasteiger partial charge >= 0.3 is 5.97 Å². The van der Waals surface area contributed by atoms with Crippen LogP contribution in [0.4, 0.5) is 0 Å². The molecule has 154 valence electrons. The number of methoxy groups -OCH3 is 2. The number of ether oxygens (including phenoxy) is 4. The second-order valence-electron chi connectivity index (χ2n) is 6.50. The number of hydrogen-bond acceptors (Lipinski definition) is 7. The lowest BCUT2D eigenvalue weighted by Gasteiger charge is -2.35. The molecule has 0 radical (unpaired) electrons. The highest BCUT2D eigenvalue weighted by molar-refractivity contribution is 5.96. The third-order valence-electron chi connectivity index (χ3n) is 4.14. The molecule has 1 aliphatic rings. The summed E-state index contributed by atoms with van der Waals surface area (Å²) in [4.78, 5) is 37.9. The van der Waals surface area contributed by atoms with Gasteiger partial charge in [0.15, 0.2) is 6.61 Å². The molecule has 9 nitrogen and oxygen atoms in total. The second kappa shape index (κ2) is 9.93. The van der Waals surface area contributed by atoms with Gasteiger partial charge in [0, 0.05) is 24.7 Å². The Balaban J connectivity index is 1.80. The van der Waals surface area contributed by atoms with Gasteiger partial charge in [-0.1, -0.05) is 0 Å². The summed E-state index contributed by atoms with van der Waals surface area (Å²) in [7, 11) is 2.95.